The van der Waals surface area contributed by atoms with E-state index in [2.05, 4.69) is 12.0 Å². The summed E-state index contributed by atoms with van der Waals surface area (Å²) in [4.78, 5) is 0. The van der Waals surface area contributed by atoms with E-state index in [-0.39, 0.29) is 5.79 Å². The fourth-order valence-corrected chi connectivity index (χ4v) is 2.33. The third-order valence-corrected chi connectivity index (χ3v) is 3.04. The van der Waals surface area contributed by atoms with Gasteiger partial charge in [0.15, 0.2) is 5.79 Å². The van der Waals surface area contributed by atoms with Crippen LogP contribution in [0.3, 0.4) is 0 Å². The van der Waals surface area contributed by atoms with Crippen LogP contribution in [-0.4, -0.2) is 19.0 Å². The van der Waals surface area contributed by atoms with Crippen molar-refractivity contribution in [2.24, 2.45) is 0 Å². The second-order valence-corrected chi connectivity index (χ2v) is 4.22. The fraction of sp³-hybridized carbons (Fsp3) is 0.692. The fourth-order valence-electron chi connectivity index (χ4n) is 2.33. The smallest absolute Gasteiger partial charge is 0.188 e. The van der Waals surface area contributed by atoms with E-state index < -0.39 is 0 Å². The maximum atomic E-state index is 5.68. The molecule has 15 heavy (non-hydrogen) atoms. The van der Waals surface area contributed by atoms with Gasteiger partial charge in [-0.05, 0) is 31.8 Å². The number of hydrogen-bond donors (Lipinski definition) is 0. The predicted octanol–water partition coefficient (Wildman–Crippen LogP) is 2.64. The van der Waals surface area contributed by atoms with Crippen LogP contribution in [0.1, 0.15) is 38.5 Å². The van der Waals surface area contributed by atoms with Crippen LogP contribution in [0.25, 0.3) is 0 Å². The number of rotatable bonds is 3. The van der Waals surface area contributed by atoms with Gasteiger partial charge < -0.3 is 9.47 Å². The average molecular weight is 206 g/mol. The summed E-state index contributed by atoms with van der Waals surface area (Å²) in [5.74, 6) is 2.31. The Balaban J connectivity index is 1.93. The van der Waals surface area contributed by atoms with Crippen LogP contribution in [0.15, 0.2) is 11.6 Å². The van der Waals surface area contributed by atoms with Crippen molar-refractivity contribution in [3.05, 3.63) is 11.6 Å². The molecule has 0 atom stereocenters. The molecule has 1 aliphatic carbocycles. The number of unbranched alkanes of at least 4 members (excludes halogenated alkanes) is 1. The highest BCUT2D eigenvalue weighted by Crippen LogP contribution is 2.35. The third kappa shape index (κ3) is 2.62. The van der Waals surface area contributed by atoms with Crippen molar-refractivity contribution >= 4 is 0 Å². The molecular weight excluding hydrogens is 188 g/mol. The molecule has 1 aliphatic heterocycles. The summed E-state index contributed by atoms with van der Waals surface area (Å²) < 4.78 is 11.4. The first-order valence-electron chi connectivity index (χ1n) is 5.77. The first kappa shape index (κ1) is 10.7. The van der Waals surface area contributed by atoms with Gasteiger partial charge in [-0.3, -0.25) is 0 Å². The molecule has 1 saturated heterocycles. The number of ether oxygens (including phenoxy) is 2. The molecule has 1 fully saturated rings. The lowest BCUT2D eigenvalue weighted by Gasteiger charge is -2.29. The molecule has 2 aliphatic rings. The van der Waals surface area contributed by atoms with Crippen LogP contribution < -0.4 is 0 Å². The Bertz CT molecular complexity index is 279. The summed E-state index contributed by atoms with van der Waals surface area (Å²) in [6.07, 6.45) is 13.8. The van der Waals surface area contributed by atoms with E-state index in [0.29, 0.717) is 0 Å². The first-order valence-corrected chi connectivity index (χ1v) is 5.77. The molecule has 0 aromatic carbocycles. The molecule has 0 amide bonds. The maximum absolute atomic E-state index is 5.68. The van der Waals surface area contributed by atoms with E-state index >= 15 is 0 Å². The van der Waals surface area contributed by atoms with Crippen molar-refractivity contribution in [1.82, 2.24) is 0 Å². The molecule has 0 N–H and O–H groups in total. The minimum atomic E-state index is -0.371. The Labute approximate surface area is 91.6 Å². The maximum Gasteiger partial charge on any atom is 0.188 e. The Kier molecular flexibility index (Phi) is 3.45. The van der Waals surface area contributed by atoms with Crippen molar-refractivity contribution in [2.75, 3.05) is 13.2 Å². The molecule has 2 heteroatoms. The van der Waals surface area contributed by atoms with Crippen LogP contribution in [0, 0.1) is 12.3 Å². The van der Waals surface area contributed by atoms with Gasteiger partial charge >= 0.3 is 0 Å². The van der Waals surface area contributed by atoms with Gasteiger partial charge in [0.25, 0.3) is 0 Å². The number of hydrogen-bond acceptors (Lipinski definition) is 2. The van der Waals surface area contributed by atoms with Gasteiger partial charge in [-0.25, -0.2) is 0 Å². The van der Waals surface area contributed by atoms with E-state index in [0.717, 1.165) is 38.9 Å². The second kappa shape index (κ2) is 4.83. The molecule has 0 unspecified atom stereocenters. The second-order valence-electron chi connectivity index (χ2n) is 4.22. The molecule has 0 radical (unpaired) electrons. The summed E-state index contributed by atoms with van der Waals surface area (Å²) in [6, 6.07) is 0. The molecule has 82 valence electrons. The lowest BCUT2D eigenvalue weighted by molar-refractivity contribution is -0.125. The van der Waals surface area contributed by atoms with Crippen molar-refractivity contribution in [3.8, 4) is 12.3 Å². The number of allylic oxidation sites excluding steroid dienone is 1. The quantitative estimate of drug-likeness (QED) is 0.401. The summed E-state index contributed by atoms with van der Waals surface area (Å²) in [6.45, 7) is 1.46. The van der Waals surface area contributed by atoms with E-state index in [1.165, 1.54) is 18.4 Å². The predicted molar refractivity (Wildman–Crippen MR) is 59.3 cm³/mol. The molecule has 0 aromatic rings. The van der Waals surface area contributed by atoms with Crippen molar-refractivity contribution in [3.63, 3.8) is 0 Å². The van der Waals surface area contributed by atoms with Crippen LogP contribution in [0.4, 0.5) is 0 Å². The Morgan fingerprint density at radius 2 is 2.20 bits per heavy atom. The zero-order valence-electron chi connectivity index (χ0n) is 9.13. The molecule has 0 aromatic heterocycles. The minimum Gasteiger partial charge on any atom is -0.344 e. The van der Waals surface area contributed by atoms with Crippen LogP contribution in [-0.2, 0) is 9.47 Å². The van der Waals surface area contributed by atoms with E-state index in [4.69, 9.17) is 15.9 Å². The lowest BCUT2D eigenvalue weighted by Crippen LogP contribution is -2.30. The topological polar surface area (TPSA) is 18.5 Å². The summed E-state index contributed by atoms with van der Waals surface area (Å²) in [7, 11) is 0. The Morgan fingerprint density at radius 1 is 1.40 bits per heavy atom. The third-order valence-electron chi connectivity index (χ3n) is 3.04. The monoisotopic (exact) mass is 206 g/mol. The molecule has 0 bridgehead atoms. The van der Waals surface area contributed by atoms with Crippen molar-refractivity contribution in [2.45, 2.75) is 44.3 Å². The number of terminal acetylenes is 1. The SMILES string of the molecule is C#CCCCC1=CC2(CCC1)OCCO2. The van der Waals surface area contributed by atoms with E-state index in [1.54, 1.807) is 0 Å². The minimum absolute atomic E-state index is 0.371. The standard InChI is InChI=1S/C13H18O2/c1-2-3-4-6-12-7-5-8-13(11-12)14-9-10-15-13/h1,11H,3-10H2. The van der Waals surface area contributed by atoms with Crippen LogP contribution in [0.2, 0.25) is 0 Å². The molecule has 1 spiro atoms. The average Bonchev–Trinajstić information content (AvgIpc) is 2.67. The van der Waals surface area contributed by atoms with Crippen LogP contribution in [0.5, 0.6) is 0 Å². The van der Waals surface area contributed by atoms with Gasteiger partial charge in [0.2, 0.25) is 0 Å². The van der Waals surface area contributed by atoms with Gasteiger partial charge in [0.1, 0.15) is 0 Å². The highest BCUT2D eigenvalue weighted by Gasteiger charge is 2.36. The molecular formula is C13H18O2. The molecule has 1 heterocycles. The Hall–Kier alpha value is -0.780. The molecule has 2 nitrogen and oxygen atoms in total. The Morgan fingerprint density at radius 3 is 2.93 bits per heavy atom. The van der Waals surface area contributed by atoms with Gasteiger partial charge in [0.05, 0.1) is 13.2 Å². The van der Waals surface area contributed by atoms with E-state index in [1.807, 2.05) is 0 Å². The van der Waals surface area contributed by atoms with Crippen molar-refractivity contribution < 1.29 is 9.47 Å². The lowest BCUT2D eigenvalue weighted by atomic mass is 9.91. The van der Waals surface area contributed by atoms with Crippen LogP contribution >= 0.6 is 0 Å². The van der Waals surface area contributed by atoms with Gasteiger partial charge in [0, 0.05) is 12.8 Å². The van der Waals surface area contributed by atoms with Gasteiger partial charge in [-0.2, -0.15) is 0 Å². The normalized spacial score (nSPS) is 23.8. The summed E-state index contributed by atoms with van der Waals surface area (Å²) >= 11 is 0. The zero-order chi connectivity index (χ0) is 10.6. The highest BCUT2D eigenvalue weighted by atomic mass is 16.7. The first-order chi connectivity index (χ1) is 7.35. The zero-order valence-corrected chi connectivity index (χ0v) is 9.13. The highest BCUT2D eigenvalue weighted by molar-refractivity contribution is 5.13. The van der Waals surface area contributed by atoms with Gasteiger partial charge in [-0.15, -0.1) is 12.3 Å². The summed E-state index contributed by atoms with van der Waals surface area (Å²) in [5, 5.41) is 0. The van der Waals surface area contributed by atoms with Gasteiger partial charge in [-0.1, -0.05) is 5.57 Å². The van der Waals surface area contributed by atoms with Crippen molar-refractivity contribution in [1.29, 1.82) is 0 Å². The summed E-state index contributed by atoms with van der Waals surface area (Å²) in [5.41, 5.74) is 1.46. The largest absolute Gasteiger partial charge is 0.344 e. The molecule has 0 saturated carbocycles. The van der Waals surface area contributed by atoms with E-state index in [9.17, 15) is 0 Å². The molecule has 2 rings (SSSR count).